The second-order valence-electron chi connectivity index (χ2n) is 6.24. The Hall–Kier alpha value is -2.99. The van der Waals surface area contributed by atoms with Crippen LogP contribution in [0.2, 0.25) is 5.02 Å². The van der Waals surface area contributed by atoms with Crippen LogP contribution in [-0.4, -0.2) is 31.2 Å². The lowest BCUT2D eigenvalue weighted by Crippen LogP contribution is -2.32. The molecule has 0 saturated heterocycles. The minimum Gasteiger partial charge on any atom is -0.493 e. The zero-order valence-corrected chi connectivity index (χ0v) is 16.9. The summed E-state index contributed by atoms with van der Waals surface area (Å²) in [6.45, 7) is 2.32. The van der Waals surface area contributed by atoms with Crippen LogP contribution in [0.15, 0.2) is 47.4 Å². The molecule has 1 aromatic heterocycles. The number of hydrogen-bond acceptors (Lipinski definition) is 4. The number of fused-ring (bicyclic) bond motifs is 1. The number of ether oxygens (including phenoxy) is 2. The predicted molar refractivity (Wildman–Crippen MR) is 111 cm³/mol. The smallest absolute Gasteiger partial charge is 0.260 e. The summed E-state index contributed by atoms with van der Waals surface area (Å²) in [7, 11) is 4.63. The van der Waals surface area contributed by atoms with Crippen LogP contribution in [0.25, 0.3) is 10.8 Å². The molecule has 0 atom stereocenters. The number of aromatic nitrogens is 1. The highest BCUT2D eigenvalue weighted by Crippen LogP contribution is 2.33. The van der Waals surface area contributed by atoms with Gasteiger partial charge in [-0.05, 0) is 37.3 Å². The van der Waals surface area contributed by atoms with Gasteiger partial charge in [0.1, 0.15) is 0 Å². The van der Waals surface area contributed by atoms with Crippen molar-refractivity contribution in [3.63, 3.8) is 0 Å². The van der Waals surface area contributed by atoms with E-state index in [-0.39, 0.29) is 11.5 Å². The summed E-state index contributed by atoms with van der Waals surface area (Å²) >= 11 is 6.10. The van der Waals surface area contributed by atoms with Gasteiger partial charge in [0.2, 0.25) is 0 Å². The zero-order chi connectivity index (χ0) is 20.4. The Kier molecular flexibility index (Phi) is 5.61. The van der Waals surface area contributed by atoms with Crippen LogP contribution < -0.4 is 19.9 Å². The van der Waals surface area contributed by atoms with E-state index in [2.05, 4.69) is 0 Å². The Morgan fingerprint density at radius 2 is 1.75 bits per heavy atom. The summed E-state index contributed by atoms with van der Waals surface area (Å²) in [4.78, 5) is 27.7. The van der Waals surface area contributed by atoms with Gasteiger partial charge in [-0.2, -0.15) is 0 Å². The molecule has 0 fully saturated rings. The number of carbonyl (C=O) groups is 1. The Balaban J connectivity index is 2.25. The number of nitrogens with zero attached hydrogens (tertiary/aromatic N) is 2. The highest BCUT2D eigenvalue weighted by atomic mass is 35.5. The normalized spacial score (nSPS) is 10.8. The van der Waals surface area contributed by atoms with Crippen molar-refractivity contribution in [2.24, 2.45) is 7.05 Å². The minimum atomic E-state index is -0.238. The number of hydrogen-bond donors (Lipinski definition) is 0. The lowest BCUT2D eigenvalue weighted by atomic mass is 10.0. The van der Waals surface area contributed by atoms with E-state index in [1.54, 1.807) is 48.5 Å². The van der Waals surface area contributed by atoms with Crippen molar-refractivity contribution < 1.29 is 14.3 Å². The summed E-state index contributed by atoms with van der Waals surface area (Å²) in [5, 5.41) is 1.43. The Morgan fingerprint density at radius 3 is 2.32 bits per heavy atom. The second-order valence-corrected chi connectivity index (χ2v) is 6.68. The second kappa shape index (κ2) is 7.94. The van der Waals surface area contributed by atoms with Crippen molar-refractivity contribution in [3.05, 3.63) is 63.5 Å². The van der Waals surface area contributed by atoms with Crippen molar-refractivity contribution in [3.8, 4) is 11.5 Å². The summed E-state index contributed by atoms with van der Waals surface area (Å²) in [5.74, 6) is 0.639. The van der Waals surface area contributed by atoms with Crippen LogP contribution in [0.3, 0.4) is 0 Å². The molecule has 0 aliphatic heterocycles. The highest BCUT2D eigenvalue weighted by Gasteiger charge is 2.22. The molecule has 0 bridgehead atoms. The van der Waals surface area contributed by atoms with Crippen LogP contribution in [0.5, 0.6) is 11.5 Å². The van der Waals surface area contributed by atoms with E-state index >= 15 is 0 Å². The first-order chi connectivity index (χ1) is 13.4. The van der Waals surface area contributed by atoms with E-state index in [0.29, 0.717) is 45.1 Å². The van der Waals surface area contributed by atoms with Crippen molar-refractivity contribution in [1.29, 1.82) is 0 Å². The summed E-state index contributed by atoms with van der Waals surface area (Å²) in [6.07, 6.45) is 1.55. The molecular weight excluding hydrogens is 380 g/mol. The molecule has 7 heteroatoms. The molecule has 0 N–H and O–H groups in total. The Morgan fingerprint density at radius 1 is 1.11 bits per heavy atom. The van der Waals surface area contributed by atoms with Crippen molar-refractivity contribution in [2.75, 3.05) is 25.7 Å². The molecule has 3 rings (SSSR count). The third-order valence-electron chi connectivity index (χ3n) is 4.60. The quantitative estimate of drug-likeness (QED) is 0.652. The van der Waals surface area contributed by atoms with Crippen LogP contribution in [0.4, 0.5) is 5.69 Å². The van der Waals surface area contributed by atoms with Gasteiger partial charge in [-0.3, -0.25) is 9.59 Å². The Labute approximate surface area is 167 Å². The number of aryl methyl sites for hydroxylation is 1. The van der Waals surface area contributed by atoms with E-state index < -0.39 is 0 Å². The average molecular weight is 401 g/mol. The first kappa shape index (κ1) is 19.8. The maximum Gasteiger partial charge on any atom is 0.260 e. The fourth-order valence-corrected chi connectivity index (χ4v) is 3.38. The van der Waals surface area contributed by atoms with Crippen molar-refractivity contribution in [2.45, 2.75) is 6.92 Å². The standard InChI is InChI=1S/C21H21ClN2O4/c1-5-24(14-8-6-7-13(22)9-14)21(26)17-12-23(2)20(25)16-11-19(28-4)18(27-3)10-15(16)17/h6-12H,5H2,1-4H3. The molecule has 28 heavy (non-hydrogen) atoms. The lowest BCUT2D eigenvalue weighted by molar-refractivity contribution is 0.0989. The third kappa shape index (κ3) is 3.43. The van der Waals surface area contributed by atoms with Gasteiger partial charge in [-0.15, -0.1) is 0 Å². The van der Waals surface area contributed by atoms with Crippen LogP contribution >= 0.6 is 11.6 Å². The SMILES string of the molecule is CCN(C(=O)c1cn(C)c(=O)c2cc(OC)c(OC)cc12)c1cccc(Cl)c1. The van der Waals surface area contributed by atoms with E-state index in [0.717, 1.165) is 0 Å². The van der Waals surface area contributed by atoms with Gasteiger partial charge in [0.25, 0.3) is 11.5 Å². The van der Waals surface area contributed by atoms with E-state index in [9.17, 15) is 9.59 Å². The van der Waals surface area contributed by atoms with Gasteiger partial charge >= 0.3 is 0 Å². The van der Waals surface area contributed by atoms with Gasteiger partial charge in [-0.1, -0.05) is 17.7 Å². The van der Waals surface area contributed by atoms with Gasteiger partial charge < -0.3 is 18.9 Å². The largest absolute Gasteiger partial charge is 0.493 e. The number of amides is 1. The molecular formula is C21H21ClN2O4. The molecule has 6 nitrogen and oxygen atoms in total. The highest BCUT2D eigenvalue weighted by molar-refractivity contribution is 6.31. The topological polar surface area (TPSA) is 60.8 Å². The van der Waals surface area contributed by atoms with Crippen LogP contribution in [0.1, 0.15) is 17.3 Å². The van der Waals surface area contributed by atoms with Gasteiger partial charge in [0.05, 0.1) is 25.2 Å². The summed E-state index contributed by atoms with van der Waals surface area (Å²) < 4.78 is 12.1. The molecule has 0 aliphatic rings. The maximum absolute atomic E-state index is 13.4. The molecule has 146 valence electrons. The molecule has 0 aliphatic carbocycles. The first-order valence-electron chi connectivity index (χ1n) is 8.74. The number of benzene rings is 2. The van der Waals surface area contributed by atoms with Gasteiger partial charge in [0, 0.05) is 35.9 Å². The van der Waals surface area contributed by atoms with E-state index in [1.807, 2.05) is 13.0 Å². The average Bonchev–Trinajstić information content (AvgIpc) is 2.70. The zero-order valence-electron chi connectivity index (χ0n) is 16.2. The first-order valence-corrected chi connectivity index (χ1v) is 9.11. The number of carbonyl (C=O) groups excluding carboxylic acids is 1. The summed E-state index contributed by atoms with van der Waals surface area (Å²) in [5.41, 5.74) is 0.848. The molecule has 1 amide bonds. The maximum atomic E-state index is 13.4. The number of pyridine rings is 1. The number of anilines is 1. The molecule has 3 aromatic rings. The molecule has 2 aromatic carbocycles. The molecule has 0 saturated carbocycles. The van der Waals surface area contributed by atoms with Crippen molar-refractivity contribution >= 4 is 34.0 Å². The molecule has 0 spiro atoms. The Bertz CT molecular complexity index is 1110. The van der Waals surface area contributed by atoms with Crippen LogP contribution in [-0.2, 0) is 7.05 Å². The monoisotopic (exact) mass is 400 g/mol. The van der Waals surface area contributed by atoms with Crippen molar-refractivity contribution in [1.82, 2.24) is 4.57 Å². The molecule has 0 unspecified atom stereocenters. The minimum absolute atomic E-state index is 0.224. The number of methoxy groups -OCH3 is 2. The third-order valence-corrected chi connectivity index (χ3v) is 4.83. The molecule has 0 radical (unpaired) electrons. The molecule has 1 heterocycles. The van der Waals surface area contributed by atoms with E-state index in [1.165, 1.54) is 18.8 Å². The van der Waals surface area contributed by atoms with E-state index in [4.69, 9.17) is 21.1 Å². The number of halogens is 1. The lowest BCUT2D eigenvalue weighted by Gasteiger charge is -2.23. The fraction of sp³-hybridized carbons (Fsp3) is 0.238. The summed E-state index contributed by atoms with van der Waals surface area (Å²) in [6, 6.07) is 10.4. The van der Waals surface area contributed by atoms with Gasteiger partial charge in [0.15, 0.2) is 11.5 Å². The predicted octanol–water partition coefficient (Wildman–Crippen LogP) is 3.88. The van der Waals surface area contributed by atoms with Gasteiger partial charge in [-0.25, -0.2) is 0 Å². The number of rotatable bonds is 5. The fourth-order valence-electron chi connectivity index (χ4n) is 3.19. The van der Waals surface area contributed by atoms with Crippen LogP contribution in [0, 0.1) is 0 Å².